The van der Waals surface area contributed by atoms with Gasteiger partial charge in [0.2, 0.25) is 0 Å². The Labute approximate surface area is 73.3 Å². The molecule has 0 saturated carbocycles. The lowest BCUT2D eigenvalue weighted by Crippen LogP contribution is -1.84. The molecule has 0 aromatic carbocycles. The van der Waals surface area contributed by atoms with E-state index >= 15 is 0 Å². The Morgan fingerprint density at radius 3 is 2.45 bits per heavy atom. The van der Waals surface area contributed by atoms with Crippen molar-refractivity contribution in [1.82, 2.24) is 0 Å². The summed E-state index contributed by atoms with van der Waals surface area (Å²) in [5, 5.41) is 0. The van der Waals surface area contributed by atoms with E-state index in [1.807, 2.05) is 11.3 Å². The molecule has 1 atom stereocenters. The molecule has 1 heteroatoms. The lowest BCUT2D eigenvalue weighted by atomic mass is 10.1. The third-order valence-electron chi connectivity index (χ3n) is 2.28. The van der Waals surface area contributed by atoms with Crippen LogP contribution in [0.25, 0.3) is 0 Å². The molecule has 0 aliphatic carbocycles. The molecule has 62 valence electrons. The van der Waals surface area contributed by atoms with Crippen LogP contribution in [-0.2, 0) is 0 Å². The van der Waals surface area contributed by atoms with Crippen molar-refractivity contribution in [1.29, 1.82) is 0 Å². The van der Waals surface area contributed by atoms with Crippen LogP contribution in [0.4, 0.5) is 0 Å². The van der Waals surface area contributed by atoms with Gasteiger partial charge in [0.1, 0.15) is 0 Å². The van der Waals surface area contributed by atoms with Crippen LogP contribution in [0, 0.1) is 13.8 Å². The quantitative estimate of drug-likeness (QED) is 0.628. The van der Waals surface area contributed by atoms with Crippen LogP contribution in [0.2, 0.25) is 0 Å². The molecule has 0 saturated heterocycles. The Morgan fingerprint density at radius 1 is 1.45 bits per heavy atom. The number of rotatable bonds is 2. The van der Waals surface area contributed by atoms with E-state index in [0.717, 1.165) is 5.92 Å². The zero-order valence-electron chi connectivity index (χ0n) is 7.77. The number of aryl methyl sites for hydroxylation is 2. The van der Waals surface area contributed by atoms with Gasteiger partial charge < -0.3 is 0 Å². The van der Waals surface area contributed by atoms with E-state index < -0.39 is 0 Å². The van der Waals surface area contributed by atoms with Gasteiger partial charge in [-0.15, -0.1) is 11.3 Å². The molecule has 0 aliphatic heterocycles. The minimum atomic E-state index is 0.743. The highest BCUT2D eigenvalue weighted by Gasteiger charge is 2.06. The van der Waals surface area contributed by atoms with Gasteiger partial charge in [-0.2, -0.15) is 0 Å². The van der Waals surface area contributed by atoms with E-state index in [4.69, 9.17) is 0 Å². The Hall–Kier alpha value is -0.300. The lowest BCUT2D eigenvalue weighted by molar-refractivity contribution is 0.747. The molecule has 0 N–H and O–H groups in total. The van der Waals surface area contributed by atoms with Crippen molar-refractivity contribution in [3.8, 4) is 0 Å². The molecule has 0 amide bonds. The summed E-state index contributed by atoms with van der Waals surface area (Å²) in [5.41, 5.74) is 1.45. The summed E-state index contributed by atoms with van der Waals surface area (Å²) in [5.74, 6) is 0.743. The molecule has 0 aliphatic rings. The zero-order chi connectivity index (χ0) is 8.43. The lowest BCUT2D eigenvalue weighted by Gasteiger charge is -2.02. The normalized spacial score (nSPS) is 13.5. The van der Waals surface area contributed by atoms with Crippen LogP contribution in [0.15, 0.2) is 6.07 Å². The maximum atomic E-state index is 2.33. The van der Waals surface area contributed by atoms with Gasteiger partial charge in [-0.25, -0.2) is 0 Å². The largest absolute Gasteiger partial charge is 0.145 e. The second kappa shape index (κ2) is 3.40. The third-order valence-corrected chi connectivity index (χ3v) is 3.67. The van der Waals surface area contributed by atoms with Crippen molar-refractivity contribution in [3.05, 3.63) is 21.4 Å². The molecule has 0 radical (unpaired) electrons. The van der Waals surface area contributed by atoms with Crippen LogP contribution in [-0.4, -0.2) is 0 Å². The van der Waals surface area contributed by atoms with Crippen molar-refractivity contribution >= 4 is 11.3 Å². The fourth-order valence-electron chi connectivity index (χ4n) is 1.05. The summed E-state index contributed by atoms with van der Waals surface area (Å²) < 4.78 is 0. The number of hydrogen-bond donors (Lipinski definition) is 0. The second-order valence-corrected chi connectivity index (χ2v) is 4.49. The van der Waals surface area contributed by atoms with Crippen LogP contribution < -0.4 is 0 Å². The van der Waals surface area contributed by atoms with Crippen molar-refractivity contribution in [2.75, 3.05) is 0 Å². The van der Waals surface area contributed by atoms with Gasteiger partial charge in [-0.05, 0) is 37.8 Å². The molecule has 0 nitrogen and oxygen atoms in total. The molecule has 1 unspecified atom stereocenters. The molecule has 0 spiro atoms. The van der Waals surface area contributed by atoms with Crippen molar-refractivity contribution in [2.24, 2.45) is 0 Å². The van der Waals surface area contributed by atoms with Crippen LogP contribution >= 0.6 is 11.3 Å². The standard InChI is InChI=1S/C10H16S/c1-5-7(2)10-6-8(3)9(4)11-10/h6-7H,5H2,1-4H3. The Bertz CT molecular complexity index is 216. The topological polar surface area (TPSA) is 0 Å². The minimum absolute atomic E-state index is 0.743. The highest BCUT2D eigenvalue weighted by atomic mass is 32.1. The minimum Gasteiger partial charge on any atom is -0.145 e. The first-order valence-electron chi connectivity index (χ1n) is 4.22. The summed E-state index contributed by atoms with van der Waals surface area (Å²) in [6.07, 6.45) is 1.25. The second-order valence-electron chi connectivity index (χ2n) is 3.20. The molecular weight excluding hydrogens is 152 g/mol. The molecule has 1 heterocycles. The highest BCUT2D eigenvalue weighted by Crippen LogP contribution is 2.28. The highest BCUT2D eigenvalue weighted by molar-refractivity contribution is 7.12. The number of thiophene rings is 1. The molecule has 0 fully saturated rings. The first-order chi connectivity index (χ1) is 5.15. The fourth-order valence-corrected chi connectivity index (χ4v) is 2.22. The van der Waals surface area contributed by atoms with Crippen LogP contribution in [0.3, 0.4) is 0 Å². The maximum Gasteiger partial charge on any atom is 0.00788 e. The van der Waals surface area contributed by atoms with Gasteiger partial charge in [-0.1, -0.05) is 13.8 Å². The van der Waals surface area contributed by atoms with Crippen LogP contribution in [0.5, 0.6) is 0 Å². The smallest absolute Gasteiger partial charge is 0.00788 e. The predicted molar refractivity (Wildman–Crippen MR) is 52.5 cm³/mol. The predicted octanol–water partition coefficient (Wildman–Crippen LogP) is 3.88. The van der Waals surface area contributed by atoms with E-state index in [2.05, 4.69) is 33.8 Å². The third kappa shape index (κ3) is 1.84. The molecular formula is C10H16S. The van der Waals surface area contributed by atoms with Gasteiger partial charge in [0, 0.05) is 9.75 Å². The van der Waals surface area contributed by atoms with E-state index in [1.54, 1.807) is 4.88 Å². The van der Waals surface area contributed by atoms with Crippen molar-refractivity contribution in [3.63, 3.8) is 0 Å². The summed E-state index contributed by atoms with van der Waals surface area (Å²) >= 11 is 1.95. The van der Waals surface area contributed by atoms with E-state index in [9.17, 15) is 0 Å². The average molecular weight is 168 g/mol. The van der Waals surface area contributed by atoms with Gasteiger partial charge in [0.25, 0.3) is 0 Å². The Balaban J connectivity index is 2.88. The molecule has 1 aromatic heterocycles. The van der Waals surface area contributed by atoms with E-state index in [1.165, 1.54) is 16.9 Å². The summed E-state index contributed by atoms with van der Waals surface area (Å²) in [6.45, 7) is 8.93. The first-order valence-corrected chi connectivity index (χ1v) is 5.03. The maximum absolute atomic E-state index is 2.33. The number of hydrogen-bond acceptors (Lipinski definition) is 1. The monoisotopic (exact) mass is 168 g/mol. The molecule has 0 bridgehead atoms. The van der Waals surface area contributed by atoms with Gasteiger partial charge >= 0.3 is 0 Å². The fraction of sp³-hybridized carbons (Fsp3) is 0.600. The van der Waals surface area contributed by atoms with Gasteiger partial charge in [-0.3, -0.25) is 0 Å². The molecule has 11 heavy (non-hydrogen) atoms. The Kier molecular flexibility index (Phi) is 2.72. The van der Waals surface area contributed by atoms with Gasteiger partial charge in [0.15, 0.2) is 0 Å². The molecule has 1 aromatic rings. The van der Waals surface area contributed by atoms with Crippen molar-refractivity contribution < 1.29 is 0 Å². The SMILES string of the molecule is CCC(C)c1cc(C)c(C)s1. The molecule has 1 rings (SSSR count). The van der Waals surface area contributed by atoms with Crippen LogP contribution in [0.1, 0.15) is 41.5 Å². The Morgan fingerprint density at radius 2 is 2.09 bits per heavy atom. The zero-order valence-corrected chi connectivity index (χ0v) is 8.59. The average Bonchev–Trinajstić information content (AvgIpc) is 2.31. The summed E-state index contributed by atoms with van der Waals surface area (Å²) in [7, 11) is 0. The van der Waals surface area contributed by atoms with Gasteiger partial charge in [0.05, 0.1) is 0 Å². The van der Waals surface area contributed by atoms with Crippen molar-refractivity contribution in [2.45, 2.75) is 40.0 Å². The summed E-state index contributed by atoms with van der Waals surface area (Å²) in [6, 6.07) is 2.33. The van der Waals surface area contributed by atoms with E-state index in [0.29, 0.717) is 0 Å². The van der Waals surface area contributed by atoms with E-state index in [-0.39, 0.29) is 0 Å². The first kappa shape index (κ1) is 8.79. The summed E-state index contributed by atoms with van der Waals surface area (Å²) in [4.78, 5) is 3.02.